The lowest BCUT2D eigenvalue weighted by molar-refractivity contribution is -0.121. The Bertz CT molecular complexity index is 747. The fourth-order valence-corrected chi connectivity index (χ4v) is 2.90. The number of anilines is 1. The van der Waals surface area contributed by atoms with Crippen LogP contribution in [0.25, 0.3) is 11.1 Å². The highest BCUT2D eigenvalue weighted by Gasteiger charge is 2.28. The number of rotatable bonds is 3. The number of likely N-dealkylation sites (tertiary alicyclic amines) is 1. The maximum absolute atomic E-state index is 12.4. The second kappa shape index (κ2) is 6.90. The number of aryl methyl sites for hydroxylation is 1. The van der Waals surface area contributed by atoms with Crippen LogP contribution in [0.15, 0.2) is 22.6 Å². The van der Waals surface area contributed by atoms with Gasteiger partial charge < -0.3 is 19.4 Å². The van der Waals surface area contributed by atoms with Crippen molar-refractivity contribution in [3.05, 3.63) is 24.1 Å². The second-order valence-corrected chi connectivity index (χ2v) is 5.86. The van der Waals surface area contributed by atoms with Crippen LogP contribution in [-0.4, -0.2) is 41.6 Å². The molecule has 0 spiro atoms. The summed E-state index contributed by atoms with van der Waals surface area (Å²) in [6.45, 7) is 5.01. The normalized spacial score (nSPS) is 15.5. The Labute approximate surface area is 140 Å². The van der Waals surface area contributed by atoms with E-state index in [9.17, 15) is 9.59 Å². The summed E-state index contributed by atoms with van der Waals surface area (Å²) in [5, 5.41) is 2.93. The summed E-state index contributed by atoms with van der Waals surface area (Å²) in [5.74, 6) is 0.461. The molecule has 0 unspecified atom stereocenters. The molecule has 1 aromatic carbocycles. The van der Waals surface area contributed by atoms with Crippen LogP contribution < -0.4 is 5.32 Å². The fraction of sp³-hybridized carbons (Fsp3) is 0.471. The van der Waals surface area contributed by atoms with Crippen LogP contribution in [0.4, 0.5) is 10.5 Å². The molecule has 1 aromatic heterocycles. The third-order valence-electron chi connectivity index (χ3n) is 4.15. The summed E-state index contributed by atoms with van der Waals surface area (Å²) in [7, 11) is 0. The standard InChI is InChI=1S/C17H21N3O4/c1-3-23-17(22)20-8-6-12(7-9-20)16(21)19-13-4-5-15-14(10-13)18-11(2)24-15/h4-5,10,12H,3,6-9H2,1-2H3,(H,19,21). The minimum absolute atomic E-state index is 0.0296. The van der Waals surface area contributed by atoms with E-state index in [2.05, 4.69) is 10.3 Å². The topological polar surface area (TPSA) is 84.7 Å². The summed E-state index contributed by atoms with van der Waals surface area (Å²) in [4.78, 5) is 30.0. The zero-order chi connectivity index (χ0) is 17.1. The van der Waals surface area contributed by atoms with E-state index < -0.39 is 0 Å². The Morgan fingerprint density at radius 2 is 2.12 bits per heavy atom. The lowest BCUT2D eigenvalue weighted by atomic mass is 9.96. The van der Waals surface area contributed by atoms with Gasteiger partial charge in [-0.2, -0.15) is 0 Å². The average molecular weight is 331 g/mol. The predicted molar refractivity (Wildman–Crippen MR) is 88.7 cm³/mol. The van der Waals surface area contributed by atoms with Crippen molar-refractivity contribution in [3.63, 3.8) is 0 Å². The van der Waals surface area contributed by atoms with Gasteiger partial charge in [0, 0.05) is 31.6 Å². The zero-order valence-corrected chi connectivity index (χ0v) is 13.9. The van der Waals surface area contributed by atoms with Crippen LogP contribution in [0, 0.1) is 12.8 Å². The summed E-state index contributed by atoms with van der Waals surface area (Å²) in [6.07, 6.45) is 0.967. The SMILES string of the molecule is CCOC(=O)N1CCC(C(=O)Nc2ccc3oc(C)nc3c2)CC1. The molecule has 1 aliphatic rings. The van der Waals surface area contributed by atoms with Crippen LogP contribution in [0.3, 0.4) is 0 Å². The molecule has 3 rings (SSSR count). The van der Waals surface area contributed by atoms with Crippen LogP contribution in [0.1, 0.15) is 25.7 Å². The van der Waals surface area contributed by atoms with Gasteiger partial charge in [-0.1, -0.05) is 0 Å². The first-order valence-corrected chi connectivity index (χ1v) is 8.16. The van der Waals surface area contributed by atoms with Crippen LogP contribution in [0.5, 0.6) is 0 Å². The van der Waals surface area contributed by atoms with Crippen molar-refractivity contribution in [1.29, 1.82) is 0 Å². The van der Waals surface area contributed by atoms with Crippen molar-refractivity contribution in [2.24, 2.45) is 5.92 Å². The van der Waals surface area contributed by atoms with Gasteiger partial charge in [0.05, 0.1) is 6.61 Å². The molecule has 2 aromatic rings. The van der Waals surface area contributed by atoms with E-state index >= 15 is 0 Å². The number of amides is 2. The van der Waals surface area contributed by atoms with E-state index in [1.54, 1.807) is 36.9 Å². The van der Waals surface area contributed by atoms with Gasteiger partial charge in [0.15, 0.2) is 11.5 Å². The third kappa shape index (κ3) is 3.50. The van der Waals surface area contributed by atoms with Crippen molar-refractivity contribution in [3.8, 4) is 0 Å². The molecule has 0 saturated carbocycles. The van der Waals surface area contributed by atoms with E-state index in [1.165, 1.54) is 0 Å². The van der Waals surface area contributed by atoms with E-state index in [0.717, 1.165) is 5.52 Å². The highest BCUT2D eigenvalue weighted by atomic mass is 16.6. The summed E-state index contributed by atoms with van der Waals surface area (Å²) >= 11 is 0. The molecule has 1 aliphatic heterocycles. The number of aromatic nitrogens is 1. The minimum Gasteiger partial charge on any atom is -0.450 e. The van der Waals surface area contributed by atoms with Crippen LogP contribution >= 0.6 is 0 Å². The molecular weight excluding hydrogens is 310 g/mol. The molecule has 7 nitrogen and oxygen atoms in total. The molecule has 128 valence electrons. The summed E-state index contributed by atoms with van der Waals surface area (Å²) < 4.78 is 10.4. The number of ether oxygens (including phenoxy) is 1. The average Bonchev–Trinajstić information content (AvgIpc) is 2.94. The predicted octanol–water partition coefficient (Wildman–Crippen LogP) is 2.94. The van der Waals surface area contributed by atoms with Gasteiger partial charge in [-0.15, -0.1) is 0 Å². The number of carbonyl (C=O) groups excluding carboxylic acids is 2. The van der Waals surface area contributed by atoms with Crippen molar-refractivity contribution >= 4 is 28.8 Å². The first-order valence-electron chi connectivity index (χ1n) is 8.16. The lowest BCUT2D eigenvalue weighted by Crippen LogP contribution is -2.41. The van der Waals surface area contributed by atoms with Crippen molar-refractivity contribution in [2.45, 2.75) is 26.7 Å². The number of nitrogens with zero attached hydrogens (tertiary/aromatic N) is 2. The minimum atomic E-state index is -0.303. The smallest absolute Gasteiger partial charge is 0.409 e. The van der Waals surface area contributed by atoms with Crippen LogP contribution in [0.2, 0.25) is 0 Å². The monoisotopic (exact) mass is 331 g/mol. The number of fused-ring (bicyclic) bond motifs is 1. The van der Waals surface area contributed by atoms with Crippen LogP contribution in [-0.2, 0) is 9.53 Å². The molecule has 1 fully saturated rings. The zero-order valence-electron chi connectivity index (χ0n) is 13.9. The lowest BCUT2D eigenvalue weighted by Gasteiger charge is -2.30. The molecule has 0 radical (unpaired) electrons. The molecule has 1 N–H and O–H groups in total. The van der Waals surface area contributed by atoms with Gasteiger partial charge in [-0.3, -0.25) is 4.79 Å². The number of hydrogen-bond acceptors (Lipinski definition) is 5. The Balaban J connectivity index is 1.58. The Kier molecular flexibility index (Phi) is 4.69. The van der Waals surface area contributed by atoms with Gasteiger partial charge in [0.25, 0.3) is 0 Å². The molecule has 0 atom stereocenters. The van der Waals surface area contributed by atoms with Crippen molar-refractivity contribution in [2.75, 3.05) is 25.0 Å². The number of hydrogen-bond donors (Lipinski definition) is 1. The van der Waals surface area contributed by atoms with E-state index in [0.29, 0.717) is 49.7 Å². The van der Waals surface area contributed by atoms with Gasteiger partial charge in [0.2, 0.25) is 5.91 Å². The second-order valence-electron chi connectivity index (χ2n) is 5.86. The maximum Gasteiger partial charge on any atom is 0.409 e. The summed E-state index contributed by atoms with van der Waals surface area (Å²) in [5.41, 5.74) is 2.13. The molecule has 1 saturated heterocycles. The number of oxazole rings is 1. The highest BCUT2D eigenvalue weighted by molar-refractivity contribution is 5.94. The first kappa shape index (κ1) is 16.3. The largest absolute Gasteiger partial charge is 0.450 e. The number of nitrogens with one attached hydrogen (secondary N) is 1. The number of carbonyl (C=O) groups is 2. The van der Waals surface area contributed by atoms with Gasteiger partial charge >= 0.3 is 6.09 Å². The fourth-order valence-electron chi connectivity index (χ4n) is 2.90. The molecular formula is C17H21N3O4. The Morgan fingerprint density at radius 3 is 2.83 bits per heavy atom. The van der Waals surface area contributed by atoms with Gasteiger partial charge in [0.1, 0.15) is 5.52 Å². The van der Waals surface area contributed by atoms with Gasteiger partial charge in [-0.25, -0.2) is 9.78 Å². The quantitative estimate of drug-likeness (QED) is 0.934. The number of benzene rings is 1. The molecule has 7 heteroatoms. The molecule has 2 amide bonds. The molecule has 2 heterocycles. The van der Waals surface area contributed by atoms with E-state index in [-0.39, 0.29) is 17.9 Å². The van der Waals surface area contributed by atoms with Crippen molar-refractivity contribution < 1.29 is 18.7 Å². The number of piperidine rings is 1. The third-order valence-corrected chi connectivity index (χ3v) is 4.15. The highest BCUT2D eigenvalue weighted by Crippen LogP contribution is 2.23. The molecule has 0 bridgehead atoms. The maximum atomic E-state index is 12.4. The summed E-state index contributed by atoms with van der Waals surface area (Å²) in [6, 6.07) is 5.41. The molecule has 24 heavy (non-hydrogen) atoms. The molecule has 0 aliphatic carbocycles. The van der Waals surface area contributed by atoms with E-state index in [4.69, 9.17) is 9.15 Å². The Hall–Kier alpha value is -2.57. The van der Waals surface area contributed by atoms with Gasteiger partial charge in [-0.05, 0) is 38.0 Å². The first-order chi connectivity index (χ1) is 11.6. The van der Waals surface area contributed by atoms with Crippen molar-refractivity contribution in [1.82, 2.24) is 9.88 Å². The van der Waals surface area contributed by atoms with E-state index in [1.807, 2.05) is 0 Å². The Morgan fingerprint density at radius 1 is 1.38 bits per heavy atom.